The lowest BCUT2D eigenvalue weighted by atomic mass is 9.99. The monoisotopic (exact) mass is 266 g/mol. The summed E-state index contributed by atoms with van der Waals surface area (Å²) in [6.07, 6.45) is 2.27. The largest absolute Gasteiger partial charge is 0.399 e. The average Bonchev–Trinajstić information content (AvgIpc) is 2.45. The van der Waals surface area contributed by atoms with E-state index in [2.05, 4.69) is 4.98 Å². The first-order chi connectivity index (χ1) is 9.65. The molecule has 0 saturated carbocycles. The Labute approximate surface area is 117 Å². The number of fused-ring (bicyclic) bond motifs is 1. The Bertz CT molecular complexity index is 776. The van der Waals surface area contributed by atoms with Crippen molar-refractivity contribution in [2.75, 3.05) is 5.73 Å². The molecule has 2 nitrogen and oxygen atoms in total. The van der Waals surface area contributed by atoms with Gasteiger partial charge in [0, 0.05) is 23.7 Å². The highest BCUT2D eigenvalue weighted by Gasteiger charge is 2.09. The molecule has 3 aromatic rings. The van der Waals surface area contributed by atoms with Crippen molar-refractivity contribution in [1.29, 1.82) is 0 Å². The molecular formula is C17H15FN2. The standard InChI is InChI=1S/C17H15FN2/c1-11-8-15(18)13(10-16(11)19)9-12-6-7-20-17-5-3-2-4-14(12)17/h2-8,10H,9,19H2,1H3. The lowest BCUT2D eigenvalue weighted by Gasteiger charge is -2.09. The van der Waals surface area contributed by atoms with E-state index in [0.29, 0.717) is 17.7 Å². The number of nitrogens with zero attached hydrogens (tertiary/aromatic N) is 1. The molecule has 0 radical (unpaired) electrons. The molecule has 0 bridgehead atoms. The SMILES string of the molecule is Cc1cc(F)c(Cc2ccnc3ccccc23)cc1N. The minimum Gasteiger partial charge on any atom is -0.399 e. The fraction of sp³-hybridized carbons (Fsp3) is 0.118. The topological polar surface area (TPSA) is 38.9 Å². The zero-order valence-electron chi connectivity index (χ0n) is 11.2. The first-order valence-corrected chi connectivity index (χ1v) is 6.52. The van der Waals surface area contributed by atoms with E-state index in [4.69, 9.17) is 5.73 Å². The summed E-state index contributed by atoms with van der Waals surface area (Å²) in [6.45, 7) is 1.81. The number of nitrogen functional groups attached to an aromatic ring is 1. The molecule has 100 valence electrons. The first-order valence-electron chi connectivity index (χ1n) is 6.52. The first kappa shape index (κ1) is 12.6. The number of benzene rings is 2. The molecule has 0 fully saturated rings. The van der Waals surface area contributed by atoms with E-state index in [-0.39, 0.29) is 5.82 Å². The van der Waals surface area contributed by atoms with Crippen LogP contribution in [-0.4, -0.2) is 4.98 Å². The summed E-state index contributed by atoms with van der Waals surface area (Å²) >= 11 is 0. The van der Waals surface area contributed by atoms with Crippen LogP contribution in [0.3, 0.4) is 0 Å². The fourth-order valence-electron chi connectivity index (χ4n) is 2.39. The molecule has 3 rings (SSSR count). The maximum Gasteiger partial charge on any atom is 0.127 e. The number of halogens is 1. The summed E-state index contributed by atoms with van der Waals surface area (Å²) in [5.41, 5.74) is 9.86. The van der Waals surface area contributed by atoms with Gasteiger partial charge in [0.15, 0.2) is 0 Å². The Kier molecular flexibility index (Phi) is 3.11. The van der Waals surface area contributed by atoms with Crippen molar-refractivity contribution >= 4 is 16.6 Å². The number of aryl methyl sites for hydroxylation is 1. The molecule has 2 aromatic carbocycles. The Morgan fingerprint density at radius 3 is 2.75 bits per heavy atom. The minimum absolute atomic E-state index is 0.211. The number of hydrogen-bond donors (Lipinski definition) is 1. The van der Waals surface area contributed by atoms with Crippen LogP contribution in [0.4, 0.5) is 10.1 Å². The van der Waals surface area contributed by atoms with Crippen LogP contribution in [0.25, 0.3) is 10.9 Å². The highest BCUT2D eigenvalue weighted by molar-refractivity contribution is 5.82. The molecule has 0 aliphatic heterocycles. The van der Waals surface area contributed by atoms with Crippen LogP contribution < -0.4 is 5.73 Å². The molecule has 1 heterocycles. The van der Waals surface area contributed by atoms with Crippen molar-refractivity contribution in [1.82, 2.24) is 4.98 Å². The zero-order chi connectivity index (χ0) is 14.1. The third-order valence-corrected chi connectivity index (χ3v) is 3.56. The maximum atomic E-state index is 14.0. The Morgan fingerprint density at radius 1 is 1.10 bits per heavy atom. The molecule has 20 heavy (non-hydrogen) atoms. The third-order valence-electron chi connectivity index (χ3n) is 3.56. The highest BCUT2D eigenvalue weighted by atomic mass is 19.1. The van der Waals surface area contributed by atoms with E-state index in [1.165, 1.54) is 6.07 Å². The van der Waals surface area contributed by atoms with E-state index in [9.17, 15) is 4.39 Å². The Morgan fingerprint density at radius 2 is 1.90 bits per heavy atom. The summed E-state index contributed by atoms with van der Waals surface area (Å²) in [5, 5.41) is 1.05. The molecule has 0 aliphatic carbocycles. The predicted molar refractivity (Wildman–Crippen MR) is 80.1 cm³/mol. The van der Waals surface area contributed by atoms with Gasteiger partial charge in [-0.2, -0.15) is 0 Å². The second-order valence-corrected chi connectivity index (χ2v) is 4.96. The number of pyridine rings is 1. The van der Waals surface area contributed by atoms with Crippen LogP contribution in [0.15, 0.2) is 48.7 Å². The van der Waals surface area contributed by atoms with Crippen LogP contribution in [0.5, 0.6) is 0 Å². The second-order valence-electron chi connectivity index (χ2n) is 4.96. The molecule has 0 spiro atoms. The van der Waals surface area contributed by atoms with Crippen molar-refractivity contribution in [2.45, 2.75) is 13.3 Å². The van der Waals surface area contributed by atoms with Crippen LogP contribution in [0.1, 0.15) is 16.7 Å². The summed E-state index contributed by atoms with van der Waals surface area (Å²) in [6, 6.07) is 13.0. The van der Waals surface area contributed by atoms with Gasteiger partial charge in [-0.05, 0) is 47.9 Å². The van der Waals surface area contributed by atoms with Crippen molar-refractivity contribution < 1.29 is 4.39 Å². The molecular weight excluding hydrogens is 251 g/mol. The highest BCUT2D eigenvalue weighted by Crippen LogP contribution is 2.23. The molecule has 0 atom stereocenters. The van der Waals surface area contributed by atoms with Crippen LogP contribution in [-0.2, 0) is 6.42 Å². The number of aromatic nitrogens is 1. The molecule has 0 saturated heterocycles. The molecule has 0 amide bonds. The van der Waals surface area contributed by atoms with Gasteiger partial charge in [-0.15, -0.1) is 0 Å². The molecule has 3 heteroatoms. The van der Waals surface area contributed by atoms with E-state index < -0.39 is 0 Å². The van der Waals surface area contributed by atoms with E-state index in [0.717, 1.165) is 22.0 Å². The lowest BCUT2D eigenvalue weighted by molar-refractivity contribution is 0.613. The van der Waals surface area contributed by atoms with E-state index >= 15 is 0 Å². The smallest absolute Gasteiger partial charge is 0.127 e. The zero-order valence-corrected chi connectivity index (χ0v) is 11.2. The Balaban J connectivity index is 2.08. The van der Waals surface area contributed by atoms with Crippen LogP contribution in [0, 0.1) is 12.7 Å². The van der Waals surface area contributed by atoms with Gasteiger partial charge in [0.25, 0.3) is 0 Å². The summed E-state index contributed by atoms with van der Waals surface area (Å²) in [4.78, 5) is 4.32. The summed E-state index contributed by atoms with van der Waals surface area (Å²) < 4.78 is 14.0. The van der Waals surface area contributed by atoms with Gasteiger partial charge in [0.2, 0.25) is 0 Å². The molecule has 2 N–H and O–H groups in total. The van der Waals surface area contributed by atoms with Crippen LogP contribution in [0.2, 0.25) is 0 Å². The lowest BCUT2D eigenvalue weighted by Crippen LogP contribution is -1.99. The van der Waals surface area contributed by atoms with Crippen molar-refractivity contribution in [3.63, 3.8) is 0 Å². The number of rotatable bonds is 2. The number of nitrogens with two attached hydrogens (primary N) is 1. The molecule has 0 unspecified atom stereocenters. The van der Waals surface area contributed by atoms with Gasteiger partial charge >= 0.3 is 0 Å². The van der Waals surface area contributed by atoms with Crippen molar-refractivity contribution in [3.05, 3.63) is 71.2 Å². The van der Waals surface area contributed by atoms with Gasteiger partial charge in [-0.3, -0.25) is 4.98 Å². The van der Waals surface area contributed by atoms with Crippen molar-refractivity contribution in [3.8, 4) is 0 Å². The summed E-state index contributed by atoms with van der Waals surface area (Å²) in [7, 11) is 0. The average molecular weight is 266 g/mol. The van der Waals surface area contributed by atoms with E-state index in [1.54, 1.807) is 12.3 Å². The summed E-state index contributed by atoms with van der Waals surface area (Å²) in [5.74, 6) is -0.211. The fourth-order valence-corrected chi connectivity index (χ4v) is 2.39. The predicted octanol–water partition coefficient (Wildman–Crippen LogP) is 3.86. The van der Waals surface area contributed by atoms with Gasteiger partial charge in [0.05, 0.1) is 5.52 Å². The van der Waals surface area contributed by atoms with Gasteiger partial charge in [-0.1, -0.05) is 18.2 Å². The third kappa shape index (κ3) is 2.23. The number of anilines is 1. The van der Waals surface area contributed by atoms with Crippen molar-refractivity contribution in [2.24, 2.45) is 0 Å². The maximum absolute atomic E-state index is 14.0. The molecule has 1 aromatic heterocycles. The van der Waals surface area contributed by atoms with E-state index in [1.807, 2.05) is 37.3 Å². The quantitative estimate of drug-likeness (QED) is 0.715. The van der Waals surface area contributed by atoms with Gasteiger partial charge in [0.1, 0.15) is 5.82 Å². The normalized spacial score (nSPS) is 10.9. The molecule has 0 aliphatic rings. The number of para-hydroxylation sites is 1. The second kappa shape index (κ2) is 4.93. The Hall–Kier alpha value is -2.42. The van der Waals surface area contributed by atoms with Gasteiger partial charge < -0.3 is 5.73 Å². The van der Waals surface area contributed by atoms with Crippen LogP contribution >= 0.6 is 0 Å². The minimum atomic E-state index is -0.211. The van der Waals surface area contributed by atoms with Gasteiger partial charge in [-0.25, -0.2) is 4.39 Å². The number of hydrogen-bond acceptors (Lipinski definition) is 2.